The van der Waals surface area contributed by atoms with Gasteiger partial charge in [-0.25, -0.2) is 4.98 Å². The molecule has 1 atom stereocenters. The van der Waals surface area contributed by atoms with Crippen LogP contribution in [0, 0.1) is 5.92 Å². The van der Waals surface area contributed by atoms with Crippen molar-refractivity contribution in [3.05, 3.63) is 18.3 Å². The van der Waals surface area contributed by atoms with E-state index in [-0.39, 0.29) is 0 Å². The van der Waals surface area contributed by atoms with Crippen LogP contribution in [0.2, 0.25) is 0 Å². The molecule has 1 aliphatic heterocycles. The lowest BCUT2D eigenvalue weighted by atomic mass is 10.1. The van der Waals surface area contributed by atoms with E-state index in [2.05, 4.69) is 34.3 Å². The maximum absolute atomic E-state index is 4.63. The van der Waals surface area contributed by atoms with Crippen molar-refractivity contribution in [1.29, 1.82) is 0 Å². The van der Waals surface area contributed by atoms with E-state index in [0.29, 0.717) is 6.04 Å². The number of anilines is 2. The smallest absolute Gasteiger partial charge is 0.128 e. The number of nitrogens with zero attached hydrogens (tertiary/aromatic N) is 2. The molecule has 104 valence electrons. The minimum Gasteiger partial charge on any atom is -0.381 e. The molecule has 3 heteroatoms. The summed E-state index contributed by atoms with van der Waals surface area (Å²) in [4.78, 5) is 7.04. The Morgan fingerprint density at radius 2 is 2.05 bits per heavy atom. The van der Waals surface area contributed by atoms with Gasteiger partial charge in [-0.3, -0.25) is 0 Å². The highest BCUT2D eigenvalue weighted by molar-refractivity contribution is 5.49. The Labute approximate surface area is 116 Å². The Kier molecular flexibility index (Phi) is 3.90. The van der Waals surface area contributed by atoms with Gasteiger partial charge in [0.05, 0.1) is 11.9 Å². The second-order valence-electron chi connectivity index (χ2n) is 5.95. The second-order valence-corrected chi connectivity index (χ2v) is 5.95. The Balaban J connectivity index is 1.61. The lowest BCUT2D eigenvalue weighted by Gasteiger charge is -2.28. The van der Waals surface area contributed by atoms with E-state index in [9.17, 15) is 0 Å². The molecule has 1 aromatic heterocycles. The Morgan fingerprint density at radius 3 is 2.63 bits per heavy atom. The summed E-state index contributed by atoms with van der Waals surface area (Å²) >= 11 is 0. The zero-order valence-corrected chi connectivity index (χ0v) is 11.9. The SMILES string of the molecule is CCC(Nc1ccc(N2CCCCC2)nc1)C1CC1. The summed E-state index contributed by atoms with van der Waals surface area (Å²) in [6, 6.07) is 5.01. The van der Waals surface area contributed by atoms with Crippen molar-refractivity contribution in [3.8, 4) is 0 Å². The van der Waals surface area contributed by atoms with Crippen molar-refractivity contribution in [3.63, 3.8) is 0 Å². The molecule has 1 aromatic rings. The summed E-state index contributed by atoms with van der Waals surface area (Å²) in [6.45, 7) is 4.60. The van der Waals surface area contributed by atoms with Gasteiger partial charge in [0.25, 0.3) is 0 Å². The minimum atomic E-state index is 0.641. The Bertz CT molecular complexity index is 391. The van der Waals surface area contributed by atoms with Crippen LogP contribution in [0.5, 0.6) is 0 Å². The first-order chi connectivity index (χ1) is 9.36. The molecule has 0 spiro atoms. The Hall–Kier alpha value is -1.25. The lowest BCUT2D eigenvalue weighted by molar-refractivity contribution is 0.573. The zero-order valence-electron chi connectivity index (χ0n) is 11.9. The van der Waals surface area contributed by atoms with Gasteiger partial charge in [0.2, 0.25) is 0 Å². The first kappa shape index (κ1) is 12.8. The van der Waals surface area contributed by atoms with Gasteiger partial charge in [0.15, 0.2) is 0 Å². The molecule has 2 aliphatic rings. The van der Waals surface area contributed by atoms with Crippen LogP contribution >= 0.6 is 0 Å². The molecule has 1 N–H and O–H groups in total. The van der Waals surface area contributed by atoms with Crippen molar-refractivity contribution in [2.24, 2.45) is 5.92 Å². The summed E-state index contributed by atoms with van der Waals surface area (Å²) in [5.41, 5.74) is 1.18. The van der Waals surface area contributed by atoms with Gasteiger partial charge >= 0.3 is 0 Å². The molecule has 19 heavy (non-hydrogen) atoms. The zero-order chi connectivity index (χ0) is 13.1. The van der Waals surface area contributed by atoms with E-state index in [1.165, 1.54) is 57.3 Å². The molecule has 3 rings (SSSR count). The highest BCUT2D eigenvalue weighted by Gasteiger charge is 2.29. The van der Waals surface area contributed by atoms with Crippen LogP contribution in [0.15, 0.2) is 18.3 Å². The van der Waals surface area contributed by atoms with E-state index < -0.39 is 0 Å². The number of piperidine rings is 1. The highest BCUT2D eigenvalue weighted by atomic mass is 15.2. The summed E-state index contributed by atoms with van der Waals surface area (Å²) in [6.07, 6.45) is 9.99. The molecular formula is C16H25N3. The summed E-state index contributed by atoms with van der Waals surface area (Å²) < 4.78 is 0. The van der Waals surface area contributed by atoms with Gasteiger partial charge in [-0.1, -0.05) is 6.92 Å². The third kappa shape index (κ3) is 3.20. The summed E-state index contributed by atoms with van der Waals surface area (Å²) in [5.74, 6) is 2.04. The molecule has 1 saturated heterocycles. The van der Waals surface area contributed by atoms with Crippen LogP contribution < -0.4 is 10.2 Å². The average molecular weight is 259 g/mol. The van der Waals surface area contributed by atoms with Crippen molar-refractivity contribution in [1.82, 2.24) is 4.98 Å². The van der Waals surface area contributed by atoms with Gasteiger partial charge in [0.1, 0.15) is 5.82 Å². The molecule has 3 nitrogen and oxygen atoms in total. The molecule has 2 heterocycles. The van der Waals surface area contributed by atoms with E-state index in [4.69, 9.17) is 0 Å². The van der Waals surface area contributed by atoms with Gasteiger partial charge in [0, 0.05) is 19.1 Å². The van der Waals surface area contributed by atoms with Gasteiger partial charge in [-0.2, -0.15) is 0 Å². The third-order valence-corrected chi connectivity index (χ3v) is 4.41. The van der Waals surface area contributed by atoms with Crippen molar-refractivity contribution in [2.45, 2.75) is 51.5 Å². The lowest BCUT2D eigenvalue weighted by Crippen LogP contribution is -2.30. The predicted octanol–water partition coefficient (Wildman–Crippen LogP) is 3.67. The highest BCUT2D eigenvalue weighted by Crippen LogP contribution is 2.35. The monoisotopic (exact) mass is 259 g/mol. The average Bonchev–Trinajstić information content (AvgIpc) is 3.31. The molecule has 1 aliphatic carbocycles. The van der Waals surface area contributed by atoms with Gasteiger partial charge in [-0.05, 0) is 56.6 Å². The maximum atomic E-state index is 4.63. The van der Waals surface area contributed by atoms with E-state index in [1.807, 2.05) is 6.20 Å². The fourth-order valence-electron chi connectivity index (χ4n) is 3.05. The molecule has 0 bridgehead atoms. The van der Waals surface area contributed by atoms with Crippen LogP contribution in [0.25, 0.3) is 0 Å². The number of pyridine rings is 1. The second kappa shape index (κ2) is 5.81. The number of nitrogens with one attached hydrogen (secondary N) is 1. The molecule has 2 fully saturated rings. The molecule has 1 saturated carbocycles. The largest absolute Gasteiger partial charge is 0.381 e. The van der Waals surface area contributed by atoms with E-state index in [1.54, 1.807) is 0 Å². The van der Waals surface area contributed by atoms with Crippen LogP contribution in [-0.2, 0) is 0 Å². The quantitative estimate of drug-likeness (QED) is 0.874. The van der Waals surface area contributed by atoms with Gasteiger partial charge < -0.3 is 10.2 Å². The summed E-state index contributed by atoms with van der Waals surface area (Å²) in [7, 11) is 0. The van der Waals surface area contributed by atoms with Crippen LogP contribution in [0.3, 0.4) is 0 Å². The molecule has 0 aromatic carbocycles. The standard InChI is InChI=1S/C16H25N3/c1-2-15(13-6-7-13)18-14-8-9-16(17-12-14)19-10-4-3-5-11-19/h8-9,12-13,15,18H,2-7,10-11H2,1H3. The molecule has 1 unspecified atom stereocenters. The first-order valence-corrected chi connectivity index (χ1v) is 7.84. The van der Waals surface area contributed by atoms with Crippen LogP contribution in [-0.4, -0.2) is 24.1 Å². The summed E-state index contributed by atoms with van der Waals surface area (Å²) in [5, 5.41) is 3.64. The first-order valence-electron chi connectivity index (χ1n) is 7.84. The number of hydrogen-bond acceptors (Lipinski definition) is 3. The molecular weight excluding hydrogens is 234 g/mol. The van der Waals surface area contributed by atoms with Crippen LogP contribution in [0.1, 0.15) is 45.4 Å². The number of rotatable bonds is 5. The fraction of sp³-hybridized carbons (Fsp3) is 0.688. The molecule has 0 amide bonds. The topological polar surface area (TPSA) is 28.2 Å². The normalized spacial score (nSPS) is 21.2. The maximum Gasteiger partial charge on any atom is 0.128 e. The van der Waals surface area contributed by atoms with Crippen molar-refractivity contribution >= 4 is 11.5 Å². The Morgan fingerprint density at radius 1 is 1.26 bits per heavy atom. The van der Waals surface area contributed by atoms with E-state index in [0.717, 1.165) is 11.7 Å². The molecule has 0 radical (unpaired) electrons. The number of aromatic nitrogens is 1. The fourth-order valence-corrected chi connectivity index (χ4v) is 3.05. The van der Waals surface area contributed by atoms with Crippen molar-refractivity contribution < 1.29 is 0 Å². The van der Waals surface area contributed by atoms with E-state index >= 15 is 0 Å². The minimum absolute atomic E-state index is 0.641. The predicted molar refractivity (Wildman–Crippen MR) is 80.7 cm³/mol. The van der Waals surface area contributed by atoms with Crippen molar-refractivity contribution in [2.75, 3.05) is 23.3 Å². The van der Waals surface area contributed by atoms with Crippen LogP contribution in [0.4, 0.5) is 11.5 Å². The third-order valence-electron chi connectivity index (χ3n) is 4.41. The number of hydrogen-bond donors (Lipinski definition) is 1. The van der Waals surface area contributed by atoms with Gasteiger partial charge in [-0.15, -0.1) is 0 Å².